The van der Waals surface area contributed by atoms with Crippen LogP contribution < -0.4 is 10.5 Å². The van der Waals surface area contributed by atoms with Crippen molar-refractivity contribution in [3.63, 3.8) is 0 Å². The SMILES string of the molecule is Cc1cc(S(=O)(=O)NCC(C)(C)C)cc(N)c1C. The van der Waals surface area contributed by atoms with E-state index in [-0.39, 0.29) is 10.3 Å². The van der Waals surface area contributed by atoms with Crippen LogP contribution in [0.5, 0.6) is 0 Å². The minimum absolute atomic E-state index is 0.0989. The van der Waals surface area contributed by atoms with Gasteiger partial charge in [-0.1, -0.05) is 20.8 Å². The lowest BCUT2D eigenvalue weighted by atomic mass is 9.98. The predicted molar refractivity (Wildman–Crippen MR) is 75.0 cm³/mol. The predicted octanol–water partition coefficient (Wildman–Crippen LogP) is 2.21. The number of nitrogens with one attached hydrogen (secondary N) is 1. The Bertz CT molecular complexity index is 520. The number of benzene rings is 1. The van der Waals surface area contributed by atoms with Crippen LogP contribution in [0.1, 0.15) is 31.9 Å². The Hall–Kier alpha value is -1.07. The molecular weight excluding hydrogens is 248 g/mol. The Balaban J connectivity index is 3.07. The van der Waals surface area contributed by atoms with Crippen LogP contribution in [-0.2, 0) is 10.0 Å². The van der Waals surface area contributed by atoms with E-state index in [1.54, 1.807) is 6.07 Å². The molecule has 1 aromatic carbocycles. The molecule has 0 spiro atoms. The van der Waals surface area contributed by atoms with Crippen molar-refractivity contribution in [2.75, 3.05) is 12.3 Å². The third-order valence-corrected chi connectivity index (χ3v) is 4.16. The van der Waals surface area contributed by atoms with Crippen LogP contribution in [0, 0.1) is 19.3 Å². The minimum atomic E-state index is -3.49. The highest BCUT2D eigenvalue weighted by Crippen LogP contribution is 2.22. The van der Waals surface area contributed by atoms with E-state index < -0.39 is 10.0 Å². The molecule has 0 aliphatic rings. The van der Waals surface area contributed by atoms with Gasteiger partial charge in [-0.15, -0.1) is 0 Å². The summed E-state index contributed by atoms with van der Waals surface area (Å²) in [7, 11) is -3.49. The van der Waals surface area contributed by atoms with Gasteiger partial charge in [-0.2, -0.15) is 0 Å². The van der Waals surface area contributed by atoms with Crippen LogP contribution in [0.15, 0.2) is 17.0 Å². The molecular formula is C13H22N2O2S. The van der Waals surface area contributed by atoms with Crippen molar-refractivity contribution in [2.45, 2.75) is 39.5 Å². The Labute approximate surface area is 110 Å². The van der Waals surface area contributed by atoms with Crippen molar-refractivity contribution in [1.82, 2.24) is 4.72 Å². The van der Waals surface area contributed by atoms with Gasteiger partial charge >= 0.3 is 0 Å². The quantitative estimate of drug-likeness (QED) is 0.827. The number of nitrogen functional groups attached to an aromatic ring is 1. The zero-order chi connectivity index (χ0) is 14.1. The van der Waals surface area contributed by atoms with Crippen LogP contribution in [0.25, 0.3) is 0 Å². The first-order valence-corrected chi connectivity index (χ1v) is 7.38. The summed E-state index contributed by atoms with van der Waals surface area (Å²) < 4.78 is 26.9. The van der Waals surface area contributed by atoms with E-state index in [2.05, 4.69) is 4.72 Å². The Morgan fingerprint density at radius 2 is 1.78 bits per heavy atom. The number of hydrogen-bond donors (Lipinski definition) is 2. The zero-order valence-electron chi connectivity index (χ0n) is 11.7. The maximum Gasteiger partial charge on any atom is 0.240 e. The van der Waals surface area contributed by atoms with Crippen molar-refractivity contribution in [1.29, 1.82) is 0 Å². The standard InChI is InChI=1S/C13H22N2O2S/c1-9-6-11(7-12(14)10(9)2)18(16,17)15-8-13(3,4)5/h6-7,15H,8,14H2,1-5H3. The van der Waals surface area contributed by atoms with Gasteiger partial charge in [-0.05, 0) is 42.5 Å². The minimum Gasteiger partial charge on any atom is -0.398 e. The van der Waals surface area contributed by atoms with E-state index in [0.717, 1.165) is 11.1 Å². The molecule has 0 aromatic heterocycles. The van der Waals surface area contributed by atoms with Crippen LogP contribution >= 0.6 is 0 Å². The third kappa shape index (κ3) is 3.71. The lowest BCUT2D eigenvalue weighted by Crippen LogP contribution is -2.32. The number of sulfonamides is 1. The van der Waals surface area contributed by atoms with Crippen LogP contribution in [0.2, 0.25) is 0 Å². The summed E-state index contributed by atoms with van der Waals surface area (Å²) in [5.74, 6) is 0. The Kier molecular flexibility index (Phi) is 4.08. The fraction of sp³-hybridized carbons (Fsp3) is 0.538. The lowest BCUT2D eigenvalue weighted by Gasteiger charge is -2.19. The highest BCUT2D eigenvalue weighted by Gasteiger charge is 2.19. The van der Waals surface area contributed by atoms with Gasteiger partial charge in [0.2, 0.25) is 10.0 Å². The first-order chi connectivity index (χ1) is 8.03. The molecule has 0 heterocycles. The first-order valence-electron chi connectivity index (χ1n) is 5.89. The molecule has 4 nitrogen and oxygen atoms in total. The molecule has 102 valence electrons. The lowest BCUT2D eigenvalue weighted by molar-refractivity contribution is 0.407. The largest absolute Gasteiger partial charge is 0.398 e. The Morgan fingerprint density at radius 1 is 1.22 bits per heavy atom. The van der Waals surface area contributed by atoms with Crippen molar-refractivity contribution in [3.05, 3.63) is 23.3 Å². The summed E-state index contributed by atoms with van der Waals surface area (Å²) >= 11 is 0. The Morgan fingerprint density at radius 3 is 2.22 bits per heavy atom. The van der Waals surface area contributed by atoms with Gasteiger partial charge < -0.3 is 5.73 Å². The molecule has 5 heteroatoms. The summed E-state index contributed by atoms with van der Waals surface area (Å²) in [6, 6.07) is 3.16. The van der Waals surface area contributed by atoms with E-state index in [9.17, 15) is 8.42 Å². The zero-order valence-corrected chi connectivity index (χ0v) is 12.5. The topological polar surface area (TPSA) is 72.2 Å². The van der Waals surface area contributed by atoms with Gasteiger partial charge in [0.1, 0.15) is 0 Å². The van der Waals surface area contributed by atoms with E-state index >= 15 is 0 Å². The van der Waals surface area contributed by atoms with E-state index in [0.29, 0.717) is 12.2 Å². The normalized spacial score (nSPS) is 12.7. The molecule has 1 aromatic rings. The summed E-state index contributed by atoms with van der Waals surface area (Å²) in [6.07, 6.45) is 0. The van der Waals surface area contributed by atoms with Crippen molar-refractivity contribution in [2.24, 2.45) is 5.41 Å². The maximum absolute atomic E-state index is 12.1. The van der Waals surface area contributed by atoms with Crippen molar-refractivity contribution in [3.8, 4) is 0 Å². The fourth-order valence-electron chi connectivity index (χ4n) is 1.40. The maximum atomic E-state index is 12.1. The van der Waals surface area contributed by atoms with Gasteiger partial charge in [0, 0.05) is 12.2 Å². The van der Waals surface area contributed by atoms with Crippen LogP contribution in [-0.4, -0.2) is 15.0 Å². The highest BCUT2D eigenvalue weighted by molar-refractivity contribution is 7.89. The third-order valence-electron chi connectivity index (χ3n) is 2.78. The molecule has 0 radical (unpaired) electrons. The molecule has 0 aliphatic heterocycles. The van der Waals surface area contributed by atoms with Gasteiger partial charge in [0.15, 0.2) is 0 Å². The second-order valence-electron chi connectivity index (χ2n) is 5.84. The summed E-state index contributed by atoms with van der Waals surface area (Å²) in [5.41, 5.74) is 8.02. The molecule has 0 unspecified atom stereocenters. The second kappa shape index (κ2) is 4.90. The monoisotopic (exact) mass is 270 g/mol. The van der Waals surface area contributed by atoms with Gasteiger partial charge in [-0.25, -0.2) is 13.1 Å². The number of nitrogens with two attached hydrogens (primary N) is 1. The second-order valence-corrected chi connectivity index (χ2v) is 7.61. The van der Waals surface area contributed by atoms with E-state index in [4.69, 9.17) is 5.73 Å². The number of rotatable bonds is 3. The van der Waals surface area contributed by atoms with E-state index in [1.807, 2.05) is 34.6 Å². The average Bonchev–Trinajstić information content (AvgIpc) is 2.21. The van der Waals surface area contributed by atoms with Crippen LogP contribution in [0.3, 0.4) is 0 Å². The summed E-state index contributed by atoms with van der Waals surface area (Å²) in [4.78, 5) is 0.229. The molecule has 0 bridgehead atoms. The molecule has 0 atom stereocenters. The molecule has 1 rings (SSSR count). The number of hydrogen-bond acceptors (Lipinski definition) is 3. The molecule has 0 fully saturated rings. The highest BCUT2D eigenvalue weighted by atomic mass is 32.2. The van der Waals surface area contributed by atoms with Gasteiger partial charge in [-0.3, -0.25) is 0 Å². The molecule has 0 amide bonds. The van der Waals surface area contributed by atoms with Crippen LogP contribution in [0.4, 0.5) is 5.69 Å². The molecule has 3 N–H and O–H groups in total. The van der Waals surface area contributed by atoms with Gasteiger partial charge in [0.25, 0.3) is 0 Å². The average molecular weight is 270 g/mol. The smallest absolute Gasteiger partial charge is 0.240 e. The van der Waals surface area contributed by atoms with E-state index in [1.165, 1.54) is 6.07 Å². The number of aryl methyl sites for hydroxylation is 1. The van der Waals surface area contributed by atoms with Gasteiger partial charge in [0.05, 0.1) is 4.90 Å². The summed E-state index contributed by atoms with van der Waals surface area (Å²) in [5, 5.41) is 0. The summed E-state index contributed by atoms with van der Waals surface area (Å²) in [6.45, 7) is 10.1. The number of anilines is 1. The molecule has 18 heavy (non-hydrogen) atoms. The van der Waals surface area contributed by atoms with Crippen molar-refractivity contribution >= 4 is 15.7 Å². The van der Waals surface area contributed by atoms with Crippen molar-refractivity contribution < 1.29 is 8.42 Å². The molecule has 0 saturated carbocycles. The fourth-order valence-corrected chi connectivity index (χ4v) is 2.81. The first kappa shape index (κ1) is 15.0. The molecule has 0 aliphatic carbocycles. The molecule has 0 saturated heterocycles.